The van der Waals surface area contributed by atoms with Gasteiger partial charge in [-0.05, 0) is 37.1 Å². The highest BCUT2D eigenvalue weighted by molar-refractivity contribution is 6.10. The second-order valence-electron chi connectivity index (χ2n) is 9.98. The molecule has 0 bridgehead atoms. The fourth-order valence-electron chi connectivity index (χ4n) is 5.27. The van der Waals surface area contributed by atoms with E-state index in [1.165, 1.54) is 5.57 Å². The zero-order chi connectivity index (χ0) is 26.0. The van der Waals surface area contributed by atoms with E-state index in [0.29, 0.717) is 17.9 Å². The molecule has 5 rings (SSSR count). The molecule has 37 heavy (non-hydrogen) atoms. The van der Waals surface area contributed by atoms with Crippen molar-refractivity contribution in [2.45, 2.75) is 31.8 Å². The number of urea groups is 1. The SMILES string of the molecule is CCN1CCN(CC2=CC=C(C#CC3(CN4Cc5ccc(OC)cc5C4=O)NC(=O)NC3=O)CC2)CC1. The third-order valence-electron chi connectivity index (χ3n) is 7.58. The first-order valence-corrected chi connectivity index (χ1v) is 12.9. The van der Waals surface area contributed by atoms with Crippen molar-refractivity contribution in [3.8, 4) is 17.6 Å². The van der Waals surface area contributed by atoms with Crippen molar-refractivity contribution in [1.82, 2.24) is 25.3 Å². The number of allylic oxidation sites excluding steroid dienone is 3. The maximum Gasteiger partial charge on any atom is 0.323 e. The van der Waals surface area contributed by atoms with E-state index in [-0.39, 0.29) is 12.5 Å². The molecule has 2 fully saturated rings. The van der Waals surface area contributed by atoms with Crippen LogP contribution in [-0.2, 0) is 11.3 Å². The number of piperazine rings is 1. The Morgan fingerprint density at radius 2 is 1.84 bits per heavy atom. The number of fused-ring (bicyclic) bond motifs is 1. The third-order valence-corrected chi connectivity index (χ3v) is 7.58. The molecule has 4 aliphatic rings. The summed E-state index contributed by atoms with van der Waals surface area (Å²) in [6.07, 6.45) is 5.85. The second kappa shape index (κ2) is 10.4. The summed E-state index contributed by atoms with van der Waals surface area (Å²) in [7, 11) is 1.55. The van der Waals surface area contributed by atoms with E-state index >= 15 is 0 Å². The number of nitrogens with zero attached hydrogens (tertiary/aromatic N) is 3. The first kappa shape index (κ1) is 25.1. The standard InChI is InChI=1S/C28H33N5O4/c1-3-31-12-14-32(15-13-31)17-21-6-4-20(5-7-21)10-11-28(26(35)29-27(36)30-28)19-33-18-22-8-9-23(37-2)16-24(22)25(33)34/h4,6,8-9,16H,3,5,7,12-15,17-19H2,1-2H3,(H2,29,30,35,36). The minimum Gasteiger partial charge on any atom is -0.497 e. The van der Waals surface area contributed by atoms with Gasteiger partial charge in [-0.3, -0.25) is 19.8 Å². The fourth-order valence-corrected chi connectivity index (χ4v) is 5.27. The molecule has 1 aliphatic carbocycles. The minimum absolute atomic E-state index is 0.0362. The lowest BCUT2D eigenvalue weighted by Gasteiger charge is -2.34. The lowest BCUT2D eigenvalue weighted by atomic mass is 9.95. The van der Waals surface area contributed by atoms with Crippen LogP contribution in [-0.4, -0.2) is 91.0 Å². The van der Waals surface area contributed by atoms with Gasteiger partial charge in [-0.2, -0.15) is 0 Å². The Balaban J connectivity index is 1.29. The number of benzene rings is 1. The normalized spacial score (nSPS) is 24.1. The van der Waals surface area contributed by atoms with E-state index in [2.05, 4.69) is 45.3 Å². The summed E-state index contributed by atoms with van der Waals surface area (Å²) in [4.78, 5) is 44.6. The summed E-state index contributed by atoms with van der Waals surface area (Å²) in [5.74, 6) is 6.00. The molecule has 1 aromatic carbocycles. The van der Waals surface area contributed by atoms with Gasteiger partial charge in [-0.15, -0.1) is 0 Å². The number of carbonyl (C=O) groups excluding carboxylic acids is 3. The summed E-state index contributed by atoms with van der Waals surface area (Å²) < 4.78 is 5.24. The topological polar surface area (TPSA) is 94.2 Å². The molecule has 4 amide bonds. The van der Waals surface area contributed by atoms with Gasteiger partial charge in [0.1, 0.15) is 5.75 Å². The minimum atomic E-state index is -1.50. The molecule has 1 aromatic rings. The van der Waals surface area contributed by atoms with Crippen molar-refractivity contribution in [1.29, 1.82) is 0 Å². The van der Waals surface area contributed by atoms with Crippen LogP contribution in [0.4, 0.5) is 4.79 Å². The van der Waals surface area contributed by atoms with Crippen LogP contribution in [0.5, 0.6) is 5.75 Å². The van der Waals surface area contributed by atoms with Crippen molar-refractivity contribution in [2.24, 2.45) is 0 Å². The number of rotatable bonds is 6. The predicted molar refractivity (Wildman–Crippen MR) is 139 cm³/mol. The van der Waals surface area contributed by atoms with Crippen LogP contribution >= 0.6 is 0 Å². The largest absolute Gasteiger partial charge is 0.497 e. The lowest BCUT2D eigenvalue weighted by molar-refractivity contribution is -0.122. The van der Waals surface area contributed by atoms with Crippen LogP contribution in [0.1, 0.15) is 35.7 Å². The molecule has 194 valence electrons. The molecule has 1 atom stereocenters. The number of methoxy groups -OCH3 is 1. The lowest BCUT2D eigenvalue weighted by Crippen LogP contribution is -2.54. The molecular weight excluding hydrogens is 470 g/mol. The molecular formula is C28H33N5O4. The number of hydrogen-bond donors (Lipinski definition) is 2. The number of nitrogens with one attached hydrogen (secondary N) is 2. The van der Waals surface area contributed by atoms with Crippen molar-refractivity contribution in [3.05, 3.63) is 52.6 Å². The van der Waals surface area contributed by atoms with Crippen LogP contribution < -0.4 is 15.4 Å². The monoisotopic (exact) mass is 503 g/mol. The molecule has 0 saturated carbocycles. The maximum absolute atomic E-state index is 13.1. The van der Waals surface area contributed by atoms with Crippen LogP contribution in [0, 0.1) is 11.8 Å². The summed E-state index contributed by atoms with van der Waals surface area (Å²) >= 11 is 0. The number of likely N-dealkylation sites (N-methyl/N-ethyl adjacent to an activating group) is 1. The van der Waals surface area contributed by atoms with Gasteiger partial charge in [0.2, 0.25) is 5.54 Å². The average molecular weight is 504 g/mol. The van der Waals surface area contributed by atoms with Gasteiger partial charge in [0, 0.05) is 50.4 Å². The summed E-state index contributed by atoms with van der Waals surface area (Å²) in [5, 5.41) is 4.97. The molecule has 3 aliphatic heterocycles. The van der Waals surface area contributed by atoms with Gasteiger partial charge in [-0.1, -0.05) is 42.6 Å². The quantitative estimate of drug-likeness (QED) is 0.452. The van der Waals surface area contributed by atoms with Crippen molar-refractivity contribution >= 4 is 17.8 Å². The van der Waals surface area contributed by atoms with Crippen LogP contribution in [0.2, 0.25) is 0 Å². The number of amides is 4. The van der Waals surface area contributed by atoms with E-state index in [0.717, 1.165) is 63.2 Å². The van der Waals surface area contributed by atoms with E-state index in [1.54, 1.807) is 24.1 Å². The number of imide groups is 1. The zero-order valence-corrected chi connectivity index (χ0v) is 21.4. The fraction of sp³-hybridized carbons (Fsp3) is 0.464. The molecule has 9 nitrogen and oxygen atoms in total. The van der Waals surface area contributed by atoms with E-state index in [1.807, 2.05) is 12.1 Å². The number of carbonyl (C=O) groups is 3. The molecule has 2 saturated heterocycles. The highest BCUT2D eigenvalue weighted by Crippen LogP contribution is 2.29. The molecule has 0 radical (unpaired) electrons. The molecule has 2 N–H and O–H groups in total. The Morgan fingerprint density at radius 1 is 1.05 bits per heavy atom. The van der Waals surface area contributed by atoms with E-state index in [4.69, 9.17) is 4.74 Å². The van der Waals surface area contributed by atoms with Crippen molar-refractivity contribution in [2.75, 3.05) is 52.9 Å². The maximum atomic E-state index is 13.1. The Kier molecular flexibility index (Phi) is 7.04. The van der Waals surface area contributed by atoms with Crippen LogP contribution in [0.3, 0.4) is 0 Å². The summed E-state index contributed by atoms with van der Waals surface area (Å²) in [6.45, 7) is 8.99. The molecule has 0 aromatic heterocycles. The highest BCUT2D eigenvalue weighted by Gasteiger charge is 2.48. The van der Waals surface area contributed by atoms with Crippen molar-refractivity contribution in [3.63, 3.8) is 0 Å². The number of hydrogen-bond acceptors (Lipinski definition) is 6. The van der Waals surface area contributed by atoms with Gasteiger partial charge >= 0.3 is 6.03 Å². The van der Waals surface area contributed by atoms with Gasteiger partial charge < -0.3 is 19.9 Å². The molecule has 0 spiro atoms. The van der Waals surface area contributed by atoms with Gasteiger partial charge in [0.25, 0.3) is 11.8 Å². The average Bonchev–Trinajstić information content (AvgIpc) is 3.37. The molecule has 1 unspecified atom stereocenters. The van der Waals surface area contributed by atoms with Gasteiger partial charge in [0.15, 0.2) is 0 Å². The van der Waals surface area contributed by atoms with E-state index < -0.39 is 17.5 Å². The van der Waals surface area contributed by atoms with E-state index in [9.17, 15) is 14.4 Å². The first-order valence-electron chi connectivity index (χ1n) is 12.9. The Hall–Kier alpha value is -3.61. The Bertz CT molecular complexity index is 1230. The van der Waals surface area contributed by atoms with Crippen LogP contribution in [0.25, 0.3) is 0 Å². The van der Waals surface area contributed by atoms with Gasteiger partial charge in [0.05, 0.1) is 13.7 Å². The number of ether oxygens (including phenoxy) is 1. The van der Waals surface area contributed by atoms with Crippen molar-refractivity contribution < 1.29 is 19.1 Å². The zero-order valence-electron chi connectivity index (χ0n) is 21.4. The Labute approximate surface area is 217 Å². The summed E-state index contributed by atoms with van der Waals surface area (Å²) in [6, 6.07) is 4.74. The smallest absolute Gasteiger partial charge is 0.323 e. The Morgan fingerprint density at radius 3 is 2.49 bits per heavy atom. The summed E-state index contributed by atoms with van der Waals surface area (Å²) in [5.41, 5.74) is 2.18. The third kappa shape index (κ3) is 5.26. The predicted octanol–water partition coefficient (Wildman–Crippen LogP) is 1.52. The van der Waals surface area contributed by atoms with Gasteiger partial charge in [-0.25, -0.2) is 4.79 Å². The highest BCUT2D eigenvalue weighted by atomic mass is 16.5. The first-order chi connectivity index (χ1) is 17.9. The molecule has 3 heterocycles. The second-order valence-corrected chi connectivity index (χ2v) is 9.98. The van der Waals surface area contributed by atoms with Crippen LogP contribution in [0.15, 0.2) is 41.5 Å². The molecule has 9 heteroatoms.